The number of amides is 3. The van der Waals surface area contributed by atoms with Gasteiger partial charge in [-0.1, -0.05) is 0 Å². The number of furan rings is 1. The van der Waals surface area contributed by atoms with Crippen LogP contribution >= 0.6 is 0 Å². The summed E-state index contributed by atoms with van der Waals surface area (Å²) in [6.45, 7) is 6.14. The Kier molecular flexibility index (Phi) is 4.93. The number of hydrogen-bond donors (Lipinski definition) is 1. The van der Waals surface area contributed by atoms with Crippen LogP contribution in [-0.4, -0.2) is 47.4 Å². The Morgan fingerprint density at radius 1 is 1.33 bits per heavy atom. The molecule has 2 aromatic rings. The van der Waals surface area contributed by atoms with Crippen LogP contribution in [0.15, 0.2) is 28.9 Å². The molecule has 3 amide bonds. The normalized spacial score (nSPS) is 19.6. The highest BCUT2D eigenvalue weighted by molar-refractivity contribution is 6.11. The van der Waals surface area contributed by atoms with Gasteiger partial charge in [0.15, 0.2) is 11.3 Å². The number of aryl methyl sites for hydroxylation is 1. The first-order valence-corrected chi connectivity index (χ1v) is 8.66. The van der Waals surface area contributed by atoms with Gasteiger partial charge in [-0.3, -0.25) is 14.5 Å². The minimum absolute atomic E-state index is 0.293. The number of rotatable bonds is 7. The van der Waals surface area contributed by atoms with Gasteiger partial charge in [-0.2, -0.15) is 0 Å². The summed E-state index contributed by atoms with van der Waals surface area (Å²) in [6.07, 6.45) is 1.43. The maximum atomic E-state index is 12.8. The Morgan fingerprint density at radius 3 is 2.70 bits per heavy atom. The molecule has 8 nitrogen and oxygen atoms in total. The molecule has 8 heteroatoms. The molecule has 1 fully saturated rings. The molecule has 144 valence electrons. The average Bonchev–Trinajstić information content (AvgIpc) is 3.30. The predicted molar refractivity (Wildman–Crippen MR) is 96.4 cm³/mol. The van der Waals surface area contributed by atoms with Gasteiger partial charge in [0.2, 0.25) is 0 Å². The van der Waals surface area contributed by atoms with Crippen LogP contribution in [0.1, 0.15) is 34.4 Å². The lowest BCUT2D eigenvalue weighted by molar-refractivity contribution is -0.131. The van der Waals surface area contributed by atoms with Gasteiger partial charge in [0.05, 0.1) is 19.4 Å². The van der Waals surface area contributed by atoms with E-state index in [1.165, 1.54) is 6.26 Å². The lowest BCUT2D eigenvalue weighted by Gasteiger charge is -2.18. The van der Waals surface area contributed by atoms with E-state index in [1.807, 2.05) is 18.4 Å². The third-order valence-corrected chi connectivity index (χ3v) is 4.98. The second-order valence-corrected chi connectivity index (χ2v) is 6.78. The highest BCUT2D eigenvalue weighted by Crippen LogP contribution is 2.29. The molecule has 0 bridgehead atoms. The smallest absolute Gasteiger partial charge is 0.325 e. The topological polar surface area (TPSA) is 93.8 Å². The molecule has 1 aliphatic rings. The predicted octanol–water partition coefficient (Wildman–Crippen LogP) is 1.99. The molecule has 0 saturated carbocycles. The number of carbonyl (C=O) groups is 3. The molecule has 0 aromatic carbocycles. The Hall–Kier alpha value is -2.87. The van der Waals surface area contributed by atoms with Gasteiger partial charge in [-0.05, 0) is 39.0 Å². The van der Waals surface area contributed by atoms with Crippen molar-refractivity contribution in [2.24, 2.45) is 0 Å². The number of aromatic nitrogens is 1. The first kappa shape index (κ1) is 18.9. The van der Waals surface area contributed by atoms with Crippen LogP contribution in [0.25, 0.3) is 0 Å². The van der Waals surface area contributed by atoms with Crippen molar-refractivity contribution in [1.82, 2.24) is 14.8 Å². The number of carbonyl (C=O) groups excluding carboxylic acids is 3. The van der Waals surface area contributed by atoms with Crippen molar-refractivity contribution in [3.05, 3.63) is 47.2 Å². The van der Waals surface area contributed by atoms with Crippen LogP contribution in [0.2, 0.25) is 0 Å². The molecule has 0 aliphatic carbocycles. The third kappa shape index (κ3) is 3.16. The molecule has 1 unspecified atom stereocenters. The van der Waals surface area contributed by atoms with E-state index in [0.29, 0.717) is 24.5 Å². The fraction of sp³-hybridized carbons (Fsp3) is 0.421. The summed E-state index contributed by atoms with van der Waals surface area (Å²) in [6, 6.07) is 4.42. The lowest BCUT2D eigenvalue weighted by atomic mass is 9.99. The first-order chi connectivity index (χ1) is 12.8. The number of nitrogens with zero attached hydrogens (tertiary/aromatic N) is 2. The Morgan fingerprint density at radius 2 is 2.07 bits per heavy atom. The van der Waals surface area contributed by atoms with Gasteiger partial charge in [0, 0.05) is 30.6 Å². The molecule has 1 aliphatic heterocycles. The minimum Gasteiger partial charge on any atom is -0.466 e. The van der Waals surface area contributed by atoms with E-state index in [2.05, 4.69) is 5.32 Å². The van der Waals surface area contributed by atoms with Crippen LogP contribution in [0.3, 0.4) is 0 Å². The van der Waals surface area contributed by atoms with E-state index in [4.69, 9.17) is 9.15 Å². The molecular weight excluding hydrogens is 350 g/mol. The SMILES string of the molecule is COCCn1c(C)cc(C(=O)CN2C(=O)NC(C)(c3ccco3)C2=O)c1C. The minimum atomic E-state index is -1.31. The van der Waals surface area contributed by atoms with Crippen LogP contribution in [0.4, 0.5) is 4.79 Å². The van der Waals surface area contributed by atoms with Gasteiger partial charge >= 0.3 is 6.03 Å². The van der Waals surface area contributed by atoms with Crippen molar-refractivity contribution < 1.29 is 23.5 Å². The van der Waals surface area contributed by atoms with Gasteiger partial charge in [0.25, 0.3) is 5.91 Å². The van der Waals surface area contributed by atoms with Crippen LogP contribution in [0.5, 0.6) is 0 Å². The molecule has 1 N–H and O–H groups in total. The van der Waals surface area contributed by atoms with Crippen molar-refractivity contribution in [2.45, 2.75) is 32.9 Å². The second kappa shape index (κ2) is 7.03. The maximum absolute atomic E-state index is 12.8. The van der Waals surface area contributed by atoms with Gasteiger partial charge < -0.3 is 19.0 Å². The first-order valence-electron chi connectivity index (χ1n) is 8.66. The zero-order valence-corrected chi connectivity index (χ0v) is 15.9. The number of nitrogens with one attached hydrogen (secondary N) is 1. The van der Waals surface area contributed by atoms with E-state index in [9.17, 15) is 14.4 Å². The molecule has 3 heterocycles. The monoisotopic (exact) mass is 373 g/mol. The fourth-order valence-corrected chi connectivity index (χ4v) is 3.41. The van der Waals surface area contributed by atoms with E-state index in [-0.39, 0.29) is 12.3 Å². The lowest BCUT2D eigenvalue weighted by Crippen LogP contribution is -2.41. The largest absolute Gasteiger partial charge is 0.466 e. The molecular formula is C19H23N3O5. The molecule has 0 radical (unpaired) electrons. The summed E-state index contributed by atoms with van der Waals surface area (Å²) in [7, 11) is 1.62. The molecule has 0 spiro atoms. The zero-order valence-electron chi connectivity index (χ0n) is 15.9. The van der Waals surface area contributed by atoms with E-state index in [1.54, 1.807) is 32.2 Å². The van der Waals surface area contributed by atoms with Crippen LogP contribution in [0, 0.1) is 13.8 Å². The van der Waals surface area contributed by atoms with Crippen molar-refractivity contribution in [3.8, 4) is 0 Å². The summed E-state index contributed by atoms with van der Waals surface area (Å²) in [5, 5.41) is 2.62. The van der Waals surface area contributed by atoms with Crippen LogP contribution in [-0.2, 0) is 21.6 Å². The Labute approximate surface area is 157 Å². The number of ether oxygens (including phenoxy) is 1. The van der Waals surface area contributed by atoms with Gasteiger partial charge in [0.1, 0.15) is 5.76 Å². The quantitative estimate of drug-likeness (QED) is 0.592. The number of imide groups is 1. The van der Waals surface area contributed by atoms with E-state index < -0.39 is 17.5 Å². The summed E-state index contributed by atoms with van der Waals surface area (Å²) in [4.78, 5) is 38.9. The number of urea groups is 1. The van der Waals surface area contributed by atoms with Crippen molar-refractivity contribution in [2.75, 3.05) is 20.3 Å². The molecule has 27 heavy (non-hydrogen) atoms. The van der Waals surface area contributed by atoms with E-state index in [0.717, 1.165) is 16.3 Å². The molecule has 3 rings (SSSR count). The molecule has 1 saturated heterocycles. The number of Topliss-reactive ketones (excluding diaryl/α,β-unsaturated/α-hetero) is 1. The van der Waals surface area contributed by atoms with Crippen molar-refractivity contribution >= 4 is 17.7 Å². The van der Waals surface area contributed by atoms with Gasteiger partial charge in [-0.15, -0.1) is 0 Å². The second-order valence-electron chi connectivity index (χ2n) is 6.78. The van der Waals surface area contributed by atoms with E-state index >= 15 is 0 Å². The third-order valence-electron chi connectivity index (χ3n) is 4.98. The maximum Gasteiger partial charge on any atom is 0.325 e. The molecule has 2 aromatic heterocycles. The highest BCUT2D eigenvalue weighted by atomic mass is 16.5. The average molecular weight is 373 g/mol. The standard InChI is InChI=1S/C19H23N3O5/c1-12-10-14(13(2)21(12)7-9-26-4)15(23)11-22-17(24)19(3,20-18(22)25)16-6-5-8-27-16/h5-6,8,10H,7,9,11H2,1-4H3,(H,20,25). The van der Waals surface area contributed by atoms with Crippen LogP contribution < -0.4 is 5.32 Å². The zero-order chi connectivity index (χ0) is 19.8. The Bertz CT molecular complexity index is 884. The molecule has 1 atom stereocenters. The fourth-order valence-electron chi connectivity index (χ4n) is 3.41. The highest BCUT2D eigenvalue weighted by Gasteiger charge is 2.51. The van der Waals surface area contributed by atoms with Crippen molar-refractivity contribution in [1.29, 1.82) is 0 Å². The number of ketones is 1. The van der Waals surface area contributed by atoms with Gasteiger partial charge in [-0.25, -0.2) is 4.79 Å². The summed E-state index contributed by atoms with van der Waals surface area (Å²) >= 11 is 0. The summed E-state index contributed by atoms with van der Waals surface area (Å²) < 4.78 is 12.4. The summed E-state index contributed by atoms with van der Waals surface area (Å²) in [5.41, 5.74) is 0.896. The van der Waals surface area contributed by atoms with Crippen molar-refractivity contribution in [3.63, 3.8) is 0 Å². The number of methoxy groups -OCH3 is 1. The Balaban J connectivity index is 1.81. The number of hydrogen-bond acceptors (Lipinski definition) is 5. The summed E-state index contributed by atoms with van der Waals surface area (Å²) in [5.74, 6) is -0.475.